The molecular formula is C11H7ClN2O4. The zero-order chi connectivity index (χ0) is 13.1. The average molecular weight is 267 g/mol. The lowest BCUT2D eigenvalue weighted by molar-refractivity contribution is 0.0690. The van der Waals surface area contributed by atoms with Gasteiger partial charge in [0, 0.05) is 0 Å². The van der Waals surface area contributed by atoms with Crippen LogP contribution in [0.2, 0.25) is 5.22 Å². The molecule has 2 rings (SSSR count). The lowest BCUT2D eigenvalue weighted by Gasteiger charge is -2.02. The summed E-state index contributed by atoms with van der Waals surface area (Å²) in [6, 6.07) is 5.59. The van der Waals surface area contributed by atoms with Crippen molar-refractivity contribution in [2.24, 2.45) is 0 Å². The number of carbonyl (C=O) groups excluding carboxylic acids is 1. The molecule has 2 N–H and O–H groups in total. The molecule has 0 saturated carbocycles. The first-order chi connectivity index (χ1) is 8.56. The standard InChI is InChI=1S/C11H7ClN2O4/c12-9-4-3-8(18-9)10(15)14-6-1-2-7(11(16)17)13-5-6/h1-5H,(H,14,15)(H,16,17). The van der Waals surface area contributed by atoms with Crippen molar-refractivity contribution in [3.63, 3.8) is 0 Å². The first-order valence-electron chi connectivity index (χ1n) is 4.82. The first-order valence-corrected chi connectivity index (χ1v) is 5.20. The van der Waals surface area contributed by atoms with Crippen molar-refractivity contribution in [3.05, 3.63) is 47.1 Å². The van der Waals surface area contributed by atoms with E-state index in [1.165, 1.54) is 30.5 Å². The number of amides is 1. The number of halogens is 1. The fourth-order valence-corrected chi connectivity index (χ4v) is 1.37. The van der Waals surface area contributed by atoms with E-state index in [0.29, 0.717) is 5.69 Å². The van der Waals surface area contributed by atoms with E-state index < -0.39 is 11.9 Å². The van der Waals surface area contributed by atoms with E-state index in [0.717, 1.165) is 0 Å². The molecular weight excluding hydrogens is 260 g/mol. The van der Waals surface area contributed by atoms with E-state index in [4.69, 9.17) is 21.1 Å². The Morgan fingerprint density at radius 1 is 1.28 bits per heavy atom. The van der Waals surface area contributed by atoms with Crippen LogP contribution in [0.15, 0.2) is 34.9 Å². The van der Waals surface area contributed by atoms with E-state index >= 15 is 0 Å². The summed E-state index contributed by atoms with van der Waals surface area (Å²) in [5.41, 5.74) is 0.256. The molecule has 0 aliphatic rings. The van der Waals surface area contributed by atoms with Gasteiger partial charge >= 0.3 is 5.97 Å². The topological polar surface area (TPSA) is 92.4 Å². The van der Waals surface area contributed by atoms with E-state index in [1.54, 1.807) is 0 Å². The number of aromatic carboxylic acids is 1. The Morgan fingerprint density at radius 2 is 2.06 bits per heavy atom. The van der Waals surface area contributed by atoms with Crippen LogP contribution in [-0.4, -0.2) is 22.0 Å². The summed E-state index contributed by atoms with van der Waals surface area (Å²) in [4.78, 5) is 25.9. The molecule has 0 unspecified atom stereocenters. The number of nitrogens with one attached hydrogen (secondary N) is 1. The molecule has 0 aliphatic carbocycles. The third kappa shape index (κ3) is 2.67. The number of carboxylic acid groups (broad SMARTS) is 1. The maximum absolute atomic E-state index is 11.6. The summed E-state index contributed by atoms with van der Waals surface area (Å²) in [5, 5.41) is 11.3. The van der Waals surface area contributed by atoms with Gasteiger partial charge in [0.15, 0.2) is 11.0 Å². The molecule has 92 valence electrons. The number of anilines is 1. The van der Waals surface area contributed by atoms with Crippen LogP contribution in [0, 0.1) is 0 Å². The van der Waals surface area contributed by atoms with E-state index in [1.807, 2.05) is 0 Å². The van der Waals surface area contributed by atoms with Crippen LogP contribution >= 0.6 is 11.6 Å². The minimum Gasteiger partial charge on any atom is -0.477 e. The normalized spacial score (nSPS) is 10.1. The second-order valence-electron chi connectivity index (χ2n) is 3.30. The molecule has 2 aromatic heterocycles. The molecule has 0 radical (unpaired) electrons. The van der Waals surface area contributed by atoms with Crippen LogP contribution in [0.1, 0.15) is 21.0 Å². The van der Waals surface area contributed by atoms with Gasteiger partial charge < -0.3 is 14.8 Å². The Morgan fingerprint density at radius 3 is 2.56 bits per heavy atom. The fraction of sp³-hybridized carbons (Fsp3) is 0. The van der Waals surface area contributed by atoms with E-state index in [2.05, 4.69) is 10.3 Å². The monoisotopic (exact) mass is 266 g/mol. The molecule has 0 aliphatic heterocycles. The summed E-state index contributed by atoms with van der Waals surface area (Å²) >= 11 is 5.54. The van der Waals surface area contributed by atoms with Crippen LogP contribution in [0.5, 0.6) is 0 Å². The summed E-state index contributed by atoms with van der Waals surface area (Å²) < 4.78 is 4.92. The molecule has 18 heavy (non-hydrogen) atoms. The lowest BCUT2D eigenvalue weighted by Crippen LogP contribution is -2.11. The van der Waals surface area contributed by atoms with Gasteiger partial charge in [0.25, 0.3) is 5.91 Å². The number of aromatic nitrogens is 1. The summed E-state index contributed by atoms with van der Waals surface area (Å²) in [6.07, 6.45) is 1.24. The minimum absolute atomic E-state index is 0.0577. The zero-order valence-electron chi connectivity index (χ0n) is 8.88. The molecule has 0 aromatic carbocycles. The summed E-state index contributed by atoms with van der Waals surface area (Å²) in [5.74, 6) is -1.57. The number of hydrogen-bond acceptors (Lipinski definition) is 4. The second kappa shape index (κ2) is 4.89. The molecule has 0 atom stereocenters. The van der Waals surface area contributed by atoms with Crippen LogP contribution in [0.25, 0.3) is 0 Å². The van der Waals surface area contributed by atoms with E-state index in [9.17, 15) is 9.59 Å². The van der Waals surface area contributed by atoms with Gasteiger partial charge in [0.2, 0.25) is 0 Å². The highest BCUT2D eigenvalue weighted by molar-refractivity contribution is 6.29. The first kappa shape index (κ1) is 12.1. The van der Waals surface area contributed by atoms with Crippen molar-refractivity contribution < 1.29 is 19.1 Å². The van der Waals surface area contributed by atoms with Crippen LogP contribution < -0.4 is 5.32 Å². The van der Waals surface area contributed by atoms with Gasteiger partial charge in [-0.3, -0.25) is 4.79 Å². The molecule has 6 nitrogen and oxygen atoms in total. The Balaban J connectivity index is 2.10. The smallest absolute Gasteiger partial charge is 0.354 e. The Kier molecular flexibility index (Phi) is 3.29. The molecule has 0 spiro atoms. The maximum Gasteiger partial charge on any atom is 0.354 e. The minimum atomic E-state index is -1.13. The number of nitrogens with zero attached hydrogens (tertiary/aromatic N) is 1. The second-order valence-corrected chi connectivity index (χ2v) is 3.67. The lowest BCUT2D eigenvalue weighted by atomic mass is 10.3. The number of hydrogen-bond donors (Lipinski definition) is 2. The van der Waals surface area contributed by atoms with Crippen molar-refractivity contribution in [2.75, 3.05) is 5.32 Å². The number of pyridine rings is 1. The quantitative estimate of drug-likeness (QED) is 0.889. The van der Waals surface area contributed by atoms with Crippen molar-refractivity contribution >= 4 is 29.2 Å². The highest BCUT2D eigenvalue weighted by Crippen LogP contribution is 2.15. The molecule has 7 heteroatoms. The van der Waals surface area contributed by atoms with Crippen LogP contribution in [-0.2, 0) is 0 Å². The molecule has 0 fully saturated rings. The van der Waals surface area contributed by atoms with Gasteiger partial charge in [0.1, 0.15) is 5.69 Å². The number of carbonyl (C=O) groups is 2. The average Bonchev–Trinajstić information content (AvgIpc) is 2.76. The van der Waals surface area contributed by atoms with Gasteiger partial charge in [-0.25, -0.2) is 9.78 Å². The molecule has 0 saturated heterocycles. The van der Waals surface area contributed by atoms with Crippen molar-refractivity contribution in [2.45, 2.75) is 0 Å². The maximum atomic E-state index is 11.6. The van der Waals surface area contributed by atoms with Gasteiger partial charge in [-0.15, -0.1) is 0 Å². The van der Waals surface area contributed by atoms with Gasteiger partial charge in [-0.2, -0.15) is 0 Å². The number of rotatable bonds is 3. The van der Waals surface area contributed by atoms with E-state index in [-0.39, 0.29) is 16.7 Å². The fourth-order valence-electron chi connectivity index (χ4n) is 1.22. The highest BCUT2D eigenvalue weighted by atomic mass is 35.5. The Bertz CT molecular complexity index is 591. The van der Waals surface area contributed by atoms with Crippen LogP contribution in [0.3, 0.4) is 0 Å². The molecule has 0 bridgehead atoms. The van der Waals surface area contributed by atoms with Crippen molar-refractivity contribution in [3.8, 4) is 0 Å². The van der Waals surface area contributed by atoms with Crippen molar-refractivity contribution in [1.29, 1.82) is 0 Å². The SMILES string of the molecule is O=C(O)c1ccc(NC(=O)c2ccc(Cl)o2)cn1. The predicted molar refractivity (Wildman–Crippen MR) is 62.9 cm³/mol. The highest BCUT2D eigenvalue weighted by Gasteiger charge is 2.11. The molecule has 2 heterocycles. The van der Waals surface area contributed by atoms with Crippen molar-refractivity contribution in [1.82, 2.24) is 4.98 Å². The zero-order valence-corrected chi connectivity index (χ0v) is 9.64. The Hall–Kier alpha value is -2.34. The third-order valence-electron chi connectivity index (χ3n) is 2.04. The Labute approximate surface area is 106 Å². The molecule has 1 amide bonds. The number of carboxylic acids is 1. The van der Waals surface area contributed by atoms with Gasteiger partial charge in [-0.1, -0.05) is 0 Å². The summed E-state index contributed by atoms with van der Waals surface area (Å²) in [7, 11) is 0. The van der Waals surface area contributed by atoms with Gasteiger partial charge in [-0.05, 0) is 35.9 Å². The van der Waals surface area contributed by atoms with Crippen LogP contribution in [0.4, 0.5) is 5.69 Å². The van der Waals surface area contributed by atoms with Gasteiger partial charge in [0.05, 0.1) is 11.9 Å². The number of furan rings is 1. The largest absolute Gasteiger partial charge is 0.477 e. The molecule has 2 aromatic rings. The predicted octanol–water partition coefficient (Wildman–Crippen LogP) is 2.28. The summed E-state index contributed by atoms with van der Waals surface area (Å²) in [6.45, 7) is 0. The third-order valence-corrected chi connectivity index (χ3v) is 2.24.